The molecule has 6 heteroatoms. The quantitative estimate of drug-likeness (QED) is 0.705. The van der Waals surface area contributed by atoms with Crippen LogP contribution in [-0.2, 0) is 14.8 Å². The number of rotatable bonds is 3. The molecule has 0 amide bonds. The Balaban J connectivity index is 1.62. The van der Waals surface area contributed by atoms with Crippen molar-refractivity contribution in [3.63, 3.8) is 0 Å². The van der Waals surface area contributed by atoms with Gasteiger partial charge in [0.2, 0.25) is 10.0 Å². The maximum atomic E-state index is 13.1. The zero-order valence-corrected chi connectivity index (χ0v) is 14.8. The number of hydrogen-bond acceptors (Lipinski definition) is 3. The van der Waals surface area contributed by atoms with E-state index in [1.165, 1.54) is 16.4 Å². The Morgan fingerprint density at radius 3 is 2.46 bits per heavy atom. The lowest BCUT2D eigenvalue weighted by molar-refractivity contribution is -0.00258. The first kappa shape index (κ1) is 17.1. The summed E-state index contributed by atoms with van der Waals surface area (Å²) in [6.45, 7) is 0.808. The molecule has 1 heterocycles. The molecule has 0 aliphatic carbocycles. The highest BCUT2D eigenvalue weighted by atomic mass is 32.2. The second kappa shape index (κ2) is 6.79. The summed E-state index contributed by atoms with van der Waals surface area (Å²) in [6, 6.07) is 18.8. The van der Waals surface area contributed by atoms with Gasteiger partial charge in [0.05, 0.1) is 17.6 Å². The van der Waals surface area contributed by atoms with Gasteiger partial charge in [-0.15, -0.1) is 0 Å². The molecule has 0 radical (unpaired) electrons. The number of morpholine rings is 1. The van der Waals surface area contributed by atoms with Crippen molar-refractivity contribution >= 4 is 20.8 Å². The van der Waals surface area contributed by atoms with Gasteiger partial charge in [0, 0.05) is 13.1 Å². The monoisotopic (exact) mass is 371 g/mol. The van der Waals surface area contributed by atoms with Gasteiger partial charge in [-0.1, -0.05) is 42.5 Å². The lowest BCUT2D eigenvalue weighted by Gasteiger charge is -2.32. The molecule has 26 heavy (non-hydrogen) atoms. The molecule has 0 saturated carbocycles. The summed E-state index contributed by atoms with van der Waals surface area (Å²) in [4.78, 5) is 0.274. The zero-order valence-electron chi connectivity index (χ0n) is 14.0. The van der Waals surface area contributed by atoms with E-state index in [9.17, 15) is 12.8 Å². The molecule has 1 fully saturated rings. The van der Waals surface area contributed by atoms with Gasteiger partial charge in [-0.3, -0.25) is 0 Å². The van der Waals surface area contributed by atoms with Crippen LogP contribution >= 0.6 is 0 Å². The number of halogens is 1. The minimum atomic E-state index is -3.62. The van der Waals surface area contributed by atoms with Crippen LogP contribution in [-0.4, -0.2) is 32.4 Å². The fourth-order valence-corrected chi connectivity index (χ4v) is 4.66. The molecule has 1 atom stereocenters. The third-order valence-corrected chi connectivity index (χ3v) is 6.49. The van der Waals surface area contributed by atoms with Crippen molar-refractivity contribution in [1.29, 1.82) is 0 Å². The number of fused-ring (bicyclic) bond motifs is 1. The molecule has 0 aromatic heterocycles. The highest BCUT2D eigenvalue weighted by Gasteiger charge is 2.31. The standard InChI is InChI=1S/C20H18FNO3S/c21-18-8-5-16(6-9-18)20-14-22(11-12-25-20)26(23,24)19-10-7-15-3-1-2-4-17(15)13-19/h1-10,13,20H,11-12,14H2/t20-/m1/s1. The second-order valence-electron chi connectivity index (χ2n) is 6.28. The molecule has 1 aliphatic rings. The number of benzene rings is 3. The lowest BCUT2D eigenvalue weighted by atomic mass is 10.1. The van der Waals surface area contributed by atoms with E-state index in [0.29, 0.717) is 13.2 Å². The van der Waals surface area contributed by atoms with Crippen molar-refractivity contribution in [3.8, 4) is 0 Å². The molecule has 134 valence electrons. The highest BCUT2D eigenvalue weighted by Crippen LogP contribution is 2.28. The van der Waals surface area contributed by atoms with Crippen LogP contribution < -0.4 is 0 Å². The van der Waals surface area contributed by atoms with Gasteiger partial charge < -0.3 is 4.74 Å². The molecule has 1 aliphatic heterocycles. The molecule has 3 aromatic rings. The van der Waals surface area contributed by atoms with Crippen LogP contribution in [0.15, 0.2) is 71.6 Å². The van der Waals surface area contributed by atoms with E-state index in [1.54, 1.807) is 24.3 Å². The number of ether oxygens (including phenoxy) is 1. The van der Waals surface area contributed by atoms with Crippen molar-refractivity contribution in [2.45, 2.75) is 11.0 Å². The van der Waals surface area contributed by atoms with Crippen molar-refractivity contribution < 1.29 is 17.5 Å². The van der Waals surface area contributed by atoms with E-state index in [1.807, 2.05) is 30.3 Å². The highest BCUT2D eigenvalue weighted by molar-refractivity contribution is 7.89. The van der Waals surface area contributed by atoms with Gasteiger partial charge in [-0.25, -0.2) is 12.8 Å². The Morgan fingerprint density at radius 2 is 1.69 bits per heavy atom. The van der Waals surface area contributed by atoms with Gasteiger partial charge >= 0.3 is 0 Å². The zero-order chi connectivity index (χ0) is 18.1. The lowest BCUT2D eigenvalue weighted by Crippen LogP contribution is -2.42. The molecule has 1 saturated heterocycles. The summed E-state index contributed by atoms with van der Waals surface area (Å²) >= 11 is 0. The Morgan fingerprint density at radius 1 is 0.962 bits per heavy atom. The summed E-state index contributed by atoms with van der Waals surface area (Å²) in [5.41, 5.74) is 0.768. The summed E-state index contributed by atoms with van der Waals surface area (Å²) in [6.07, 6.45) is -0.403. The summed E-state index contributed by atoms with van der Waals surface area (Å²) in [5.74, 6) is -0.329. The molecule has 0 spiro atoms. The predicted octanol–water partition coefficient (Wildman–Crippen LogP) is 3.74. The van der Waals surface area contributed by atoms with E-state index in [4.69, 9.17) is 4.74 Å². The van der Waals surface area contributed by atoms with E-state index in [-0.39, 0.29) is 17.3 Å². The number of hydrogen-bond donors (Lipinski definition) is 0. The first-order valence-corrected chi connectivity index (χ1v) is 9.84. The van der Waals surface area contributed by atoms with Crippen LogP contribution in [0, 0.1) is 5.82 Å². The van der Waals surface area contributed by atoms with E-state index in [2.05, 4.69) is 0 Å². The smallest absolute Gasteiger partial charge is 0.243 e. The van der Waals surface area contributed by atoms with Crippen LogP contribution in [0.3, 0.4) is 0 Å². The molecule has 3 aromatic carbocycles. The van der Waals surface area contributed by atoms with Crippen LogP contribution in [0.2, 0.25) is 0 Å². The Kier molecular flexibility index (Phi) is 4.48. The van der Waals surface area contributed by atoms with Crippen LogP contribution in [0.25, 0.3) is 10.8 Å². The fourth-order valence-electron chi connectivity index (χ4n) is 3.20. The third-order valence-electron chi connectivity index (χ3n) is 4.63. The Bertz CT molecular complexity index is 1030. The molecule has 4 rings (SSSR count). The average Bonchev–Trinajstić information content (AvgIpc) is 2.68. The fraction of sp³-hybridized carbons (Fsp3) is 0.200. The summed E-state index contributed by atoms with van der Waals surface area (Å²) < 4.78 is 46.4. The summed E-state index contributed by atoms with van der Waals surface area (Å²) in [5, 5.41) is 1.88. The normalized spacial score (nSPS) is 18.9. The number of sulfonamides is 1. The van der Waals surface area contributed by atoms with Gasteiger partial charge in [-0.05, 0) is 40.6 Å². The molecule has 0 unspecified atom stereocenters. The Hall–Kier alpha value is -2.28. The van der Waals surface area contributed by atoms with E-state index in [0.717, 1.165) is 16.3 Å². The third kappa shape index (κ3) is 3.23. The van der Waals surface area contributed by atoms with Crippen LogP contribution in [0.1, 0.15) is 11.7 Å². The molecule has 0 bridgehead atoms. The maximum Gasteiger partial charge on any atom is 0.243 e. The van der Waals surface area contributed by atoms with Gasteiger partial charge in [0.25, 0.3) is 0 Å². The summed E-state index contributed by atoms with van der Waals surface area (Å²) in [7, 11) is -3.62. The van der Waals surface area contributed by atoms with Gasteiger partial charge in [0.1, 0.15) is 5.82 Å². The minimum absolute atomic E-state index is 0.209. The molecule has 4 nitrogen and oxygen atoms in total. The second-order valence-corrected chi connectivity index (χ2v) is 8.22. The topological polar surface area (TPSA) is 46.6 Å². The van der Waals surface area contributed by atoms with Crippen molar-refractivity contribution in [1.82, 2.24) is 4.31 Å². The predicted molar refractivity (Wildman–Crippen MR) is 97.8 cm³/mol. The first-order chi connectivity index (χ1) is 12.5. The van der Waals surface area contributed by atoms with Crippen molar-refractivity contribution in [3.05, 3.63) is 78.1 Å². The average molecular weight is 371 g/mol. The van der Waals surface area contributed by atoms with Gasteiger partial charge in [0.15, 0.2) is 0 Å². The van der Waals surface area contributed by atoms with E-state index < -0.39 is 16.1 Å². The van der Waals surface area contributed by atoms with E-state index >= 15 is 0 Å². The van der Waals surface area contributed by atoms with Crippen LogP contribution in [0.5, 0.6) is 0 Å². The molecular weight excluding hydrogens is 353 g/mol. The van der Waals surface area contributed by atoms with Crippen molar-refractivity contribution in [2.24, 2.45) is 0 Å². The number of nitrogens with zero attached hydrogens (tertiary/aromatic N) is 1. The van der Waals surface area contributed by atoms with Crippen LogP contribution in [0.4, 0.5) is 4.39 Å². The SMILES string of the molecule is O=S(=O)(c1ccc2ccccc2c1)N1CCO[C@@H](c2ccc(F)cc2)C1. The first-order valence-electron chi connectivity index (χ1n) is 8.40. The largest absolute Gasteiger partial charge is 0.371 e. The van der Waals surface area contributed by atoms with Gasteiger partial charge in [-0.2, -0.15) is 4.31 Å². The van der Waals surface area contributed by atoms with Crippen molar-refractivity contribution in [2.75, 3.05) is 19.7 Å². The minimum Gasteiger partial charge on any atom is -0.371 e. The molecular formula is C20H18FNO3S. The Labute approximate surface area is 151 Å². The maximum absolute atomic E-state index is 13.1. The molecule has 0 N–H and O–H groups in total.